The van der Waals surface area contributed by atoms with Crippen LogP contribution in [-0.4, -0.2) is 19.0 Å². The van der Waals surface area contributed by atoms with E-state index >= 15 is 0 Å². The van der Waals surface area contributed by atoms with E-state index < -0.39 is 11.9 Å². The zero-order valence-electron chi connectivity index (χ0n) is 15.6. The van der Waals surface area contributed by atoms with Crippen LogP contribution in [0.5, 0.6) is 0 Å². The van der Waals surface area contributed by atoms with E-state index in [1.807, 2.05) is 6.07 Å². The van der Waals surface area contributed by atoms with Crippen LogP contribution in [0.4, 0.5) is 5.69 Å². The molecule has 0 unspecified atom stereocenters. The average Bonchev–Trinajstić information content (AvgIpc) is 3.23. The predicted octanol–water partition coefficient (Wildman–Crippen LogP) is 5.59. The number of halogens is 2. The number of furan rings is 1. The fourth-order valence-corrected chi connectivity index (χ4v) is 2.90. The summed E-state index contributed by atoms with van der Waals surface area (Å²) in [6.07, 6.45) is 1.32. The summed E-state index contributed by atoms with van der Waals surface area (Å²) in [6.45, 7) is 0. The number of ether oxygens (including phenoxy) is 1. The van der Waals surface area contributed by atoms with E-state index in [2.05, 4.69) is 10.1 Å². The normalized spacial score (nSPS) is 10.9. The number of nitrogens with one attached hydrogen (secondary N) is 1. The zero-order chi connectivity index (χ0) is 21.7. The zero-order valence-corrected chi connectivity index (χ0v) is 17.1. The topological polar surface area (TPSA) is 92.3 Å². The SMILES string of the molecule is COC(=O)c1ccc(-c2ccc(/C=C(/C#N)C(=O)Nc3cccc(Cl)c3Cl)o2)cc1. The number of amides is 1. The molecule has 1 aromatic heterocycles. The van der Waals surface area contributed by atoms with Crippen LogP contribution in [0.2, 0.25) is 10.0 Å². The summed E-state index contributed by atoms with van der Waals surface area (Å²) in [5.41, 5.74) is 1.25. The number of benzene rings is 2. The van der Waals surface area contributed by atoms with Crippen LogP contribution in [-0.2, 0) is 9.53 Å². The lowest BCUT2D eigenvalue weighted by molar-refractivity contribution is -0.112. The fourth-order valence-electron chi connectivity index (χ4n) is 2.55. The summed E-state index contributed by atoms with van der Waals surface area (Å²) in [5.74, 6) is -0.268. The Hall–Kier alpha value is -3.53. The Bertz CT molecular complexity index is 1170. The first-order chi connectivity index (χ1) is 14.4. The number of anilines is 1. The van der Waals surface area contributed by atoms with Crippen molar-refractivity contribution in [1.29, 1.82) is 5.26 Å². The van der Waals surface area contributed by atoms with E-state index in [4.69, 9.17) is 27.6 Å². The molecule has 3 rings (SSSR count). The molecular weight excluding hydrogens is 427 g/mol. The first-order valence-corrected chi connectivity index (χ1v) is 9.34. The Balaban J connectivity index is 1.79. The van der Waals surface area contributed by atoms with Gasteiger partial charge in [-0.25, -0.2) is 4.79 Å². The second kappa shape index (κ2) is 9.31. The standard InChI is InChI=1S/C22H14Cl2N2O4/c1-29-22(28)14-7-5-13(6-8-14)19-10-9-16(30-19)11-15(12-25)21(27)26-18-4-2-3-17(23)20(18)24/h2-11H,1H3,(H,26,27)/b15-11-. The lowest BCUT2D eigenvalue weighted by Gasteiger charge is -2.07. The molecule has 0 bridgehead atoms. The molecule has 0 saturated heterocycles. The highest BCUT2D eigenvalue weighted by Gasteiger charge is 2.14. The fraction of sp³-hybridized carbons (Fsp3) is 0.0455. The van der Waals surface area contributed by atoms with E-state index in [9.17, 15) is 14.9 Å². The number of carbonyl (C=O) groups excluding carboxylic acids is 2. The molecule has 0 spiro atoms. The highest BCUT2D eigenvalue weighted by atomic mass is 35.5. The van der Waals surface area contributed by atoms with Gasteiger partial charge < -0.3 is 14.5 Å². The smallest absolute Gasteiger partial charge is 0.337 e. The van der Waals surface area contributed by atoms with Gasteiger partial charge in [-0.05, 0) is 36.4 Å². The summed E-state index contributed by atoms with van der Waals surface area (Å²) >= 11 is 12.0. The van der Waals surface area contributed by atoms with Crippen molar-refractivity contribution in [2.45, 2.75) is 0 Å². The van der Waals surface area contributed by atoms with E-state index in [1.165, 1.54) is 13.2 Å². The number of nitrogens with zero attached hydrogens (tertiary/aromatic N) is 1. The lowest BCUT2D eigenvalue weighted by Crippen LogP contribution is -2.13. The first kappa shape index (κ1) is 21.2. The average molecular weight is 441 g/mol. The molecule has 0 atom stereocenters. The number of hydrogen-bond acceptors (Lipinski definition) is 5. The maximum Gasteiger partial charge on any atom is 0.337 e. The minimum absolute atomic E-state index is 0.173. The van der Waals surface area contributed by atoms with Crippen LogP contribution < -0.4 is 5.32 Å². The van der Waals surface area contributed by atoms with Crippen LogP contribution >= 0.6 is 23.2 Å². The number of methoxy groups -OCH3 is 1. The minimum atomic E-state index is -0.651. The number of rotatable bonds is 5. The molecule has 30 heavy (non-hydrogen) atoms. The van der Waals surface area contributed by atoms with E-state index in [-0.39, 0.29) is 15.6 Å². The van der Waals surface area contributed by atoms with Crippen molar-refractivity contribution >= 4 is 46.8 Å². The highest BCUT2D eigenvalue weighted by molar-refractivity contribution is 6.44. The highest BCUT2D eigenvalue weighted by Crippen LogP contribution is 2.30. The number of carbonyl (C=O) groups is 2. The monoisotopic (exact) mass is 440 g/mol. The molecule has 1 N–H and O–H groups in total. The van der Waals surface area contributed by atoms with E-state index in [1.54, 1.807) is 54.6 Å². The molecule has 2 aromatic carbocycles. The van der Waals surface area contributed by atoms with Gasteiger partial charge in [0.15, 0.2) is 0 Å². The van der Waals surface area contributed by atoms with Crippen molar-refractivity contribution in [3.63, 3.8) is 0 Å². The number of nitriles is 1. The molecule has 3 aromatic rings. The molecule has 1 amide bonds. The molecule has 0 aliphatic heterocycles. The Morgan fingerprint density at radius 3 is 2.50 bits per heavy atom. The molecule has 150 valence electrons. The van der Waals surface area contributed by atoms with Crippen LogP contribution in [0, 0.1) is 11.3 Å². The van der Waals surface area contributed by atoms with Crippen molar-refractivity contribution in [2.75, 3.05) is 12.4 Å². The van der Waals surface area contributed by atoms with Gasteiger partial charge in [-0.1, -0.05) is 41.4 Å². The van der Waals surface area contributed by atoms with Gasteiger partial charge in [0.05, 0.1) is 28.4 Å². The van der Waals surface area contributed by atoms with E-state index in [0.717, 1.165) is 5.56 Å². The third-order valence-electron chi connectivity index (χ3n) is 4.07. The van der Waals surface area contributed by atoms with Crippen molar-refractivity contribution < 1.29 is 18.7 Å². The summed E-state index contributed by atoms with van der Waals surface area (Å²) in [5, 5.41) is 12.4. The molecule has 0 saturated carbocycles. The van der Waals surface area contributed by atoms with Crippen LogP contribution in [0.1, 0.15) is 16.1 Å². The lowest BCUT2D eigenvalue weighted by atomic mass is 10.1. The molecule has 0 radical (unpaired) electrons. The number of hydrogen-bond donors (Lipinski definition) is 1. The Morgan fingerprint density at radius 1 is 1.10 bits per heavy atom. The molecule has 6 nitrogen and oxygen atoms in total. The largest absolute Gasteiger partial charge is 0.465 e. The van der Waals surface area contributed by atoms with Crippen LogP contribution in [0.15, 0.2) is 64.6 Å². The molecule has 0 aliphatic carbocycles. The molecule has 0 aliphatic rings. The number of esters is 1. The van der Waals surface area contributed by atoms with Gasteiger partial charge in [0.1, 0.15) is 23.2 Å². The van der Waals surface area contributed by atoms with Gasteiger partial charge >= 0.3 is 5.97 Å². The summed E-state index contributed by atoms with van der Waals surface area (Å²) < 4.78 is 10.4. The minimum Gasteiger partial charge on any atom is -0.465 e. The summed E-state index contributed by atoms with van der Waals surface area (Å²) in [4.78, 5) is 23.9. The van der Waals surface area contributed by atoms with Crippen LogP contribution in [0.3, 0.4) is 0 Å². The van der Waals surface area contributed by atoms with Gasteiger partial charge in [0.25, 0.3) is 5.91 Å². The van der Waals surface area contributed by atoms with E-state index in [0.29, 0.717) is 22.8 Å². The molecule has 0 fully saturated rings. The van der Waals surface area contributed by atoms with Crippen molar-refractivity contribution in [3.8, 4) is 17.4 Å². The Kier molecular flexibility index (Phi) is 6.58. The summed E-state index contributed by atoms with van der Waals surface area (Å²) in [7, 11) is 1.31. The van der Waals surface area contributed by atoms with Crippen molar-refractivity contribution in [1.82, 2.24) is 0 Å². The van der Waals surface area contributed by atoms with Gasteiger partial charge in [0, 0.05) is 11.6 Å². The van der Waals surface area contributed by atoms with Gasteiger partial charge in [-0.15, -0.1) is 0 Å². The van der Waals surface area contributed by atoms with Crippen LogP contribution in [0.25, 0.3) is 17.4 Å². The second-order valence-corrected chi connectivity index (χ2v) is 6.78. The Morgan fingerprint density at radius 2 is 1.83 bits per heavy atom. The van der Waals surface area contributed by atoms with Gasteiger partial charge in [0.2, 0.25) is 0 Å². The third kappa shape index (κ3) is 4.71. The molecular formula is C22H14Cl2N2O4. The summed E-state index contributed by atoms with van der Waals surface area (Å²) in [6, 6.07) is 16.6. The molecule has 8 heteroatoms. The second-order valence-electron chi connectivity index (χ2n) is 6.00. The molecule has 1 heterocycles. The maximum absolute atomic E-state index is 12.4. The predicted molar refractivity (Wildman–Crippen MR) is 114 cm³/mol. The first-order valence-electron chi connectivity index (χ1n) is 8.58. The Labute approximate surface area is 182 Å². The van der Waals surface area contributed by atoms with Crippen molar-refractivity contribution in [3.05, 3.63) is 81.5 Å². The maximum atomic E-state index is 12.4. The van der Waals surface area contributed by atoms with Crippen molar-refractivity contribution in [2.24, 2.45) is 0 Å². The van der Waals surface area contributed by atoms with Gasteiger partial charge in [-0.2, -0.15) is 5.26 Å². The quantitative estimate of drug-likeness (QED) is 0.317. The third-order valence-corrected chi connectivity index (χ3v) is 4.89. The van der Waals surface area contributed by atoms with Gasteiger partial charge in [-0.3, -0.25) is 4.79 Å².